The van der Waals surface area contributed by atoms with E-state index in [9.17, 15) is 5.11 Å². The van der Waals surface area contributed by atoms with Crippen LogP contribution >= 0.6 is 0 Å². The fourth-order valence-electron chi connectivity index (χ4n) is 2.35. The SMILES string of the molecule is CC(c1ccc[nH]1)N1CCCC1CO. The number of hydrogen-bond donors (Lipinski definition) is 2. The number of hydrogen-bond acceptors (Lipinski definition) is 2. The van der Waals surface area contributed by atoms with Gasteiger partial charge in [-0.2, -0.15) is 0 Å². The molecule has 1 aliphatic heterocycles. The van der Waals surface area contributed by atoms with E-state index < -0.39 is 0 Å². The number of aliphatic hydroxyl groups excluding tert-OH is 1. The van der Waals surface area contributed by atoms with Crippen molar-refractivity contribution in [2.45, 2.75) is 31.8 Å². The predicted octanol–water partition coefficient (Wildman–Crippen LogP) is 1.53. The molecule has 0 spiro atoms. The molecule has 1 aromatic rings. The third kappa shape index (κ3) is 1.70. The van der Waals surface area contributed by atoms with Crippen LogP contribution < -0.4 is 0 Å². The number of nitrogens with one attached hydrogen (secondary N) is 1. The first kappa shape index (κ1) is 9.74. The van der Waals surface area contributed by atoms with Crippen LogP contribution in [0.25, 0.3) is 0 Å². The molecule has 0 bridgehead atoms. The summed E-state index contributed by atoms with van der Waals surface area (Å²) in [5.74, 6) is 0. The zero-order chi connectivity index (χ0) is 9.97. The molecule has 1 aliphatic rings. The first-order valence-electron chi connectivity index (χ1n) is 5.33. The molecule has 0 aliphatic carbocycles. The van der Waals surface area contributed by atoms with E-state index >= 15 is 0 Å². The maximum absolute atomic E-state index is 9.23. The zero-order valence-electron chi connectivity index (χ0n) is 8.61. The molecule has 0 aromatic carbocycles. The monoisotopic (exact) mass is 194 g/mol. The molecule has 0 radical (unpaired) electrons. The molecule has 3 heteroatoms. The molecule has 78 valence electrons. The lowest BCUT2D eigenvalue weighted by Crippen LogP contribution is -2.34. The molecule has 0 amide bonds. The molecule has 1 fully saturated rings. The van der Waals surface area contributed by atoms with Crippen LogP contribution in [0.5, 0.6) is 0 Å². The smallest absolute Gasteiger partial charge is 0.0587 e. The fraction of sp³-hybridized carbons (Fsp3) is 0.636. The summed E-state index contributed by atoms with van der Waals surface area (Å²) < 4.78 is 0. The Balaban J connectivity index is 2.07. The van der Waals surface area contributed by atoms with Crippen LogP contribution in [0.3, 0.4) is 0 Å². The van der Waals surface area contributed by atoms with Gasteiger partial charge in [-0.15, -0.1) is 0 Å². The second kappa shape index (κ2) is 4.15. The van der Waals surface area contributed by atoms with Gasteiger partial charge in [-0.05, 0) is 38.4 Å². The van der Waals surface area contributed by atoms with Gasteiger partial charge in [-0.25, -0.2) is 0 Å². The van der Waals surface area contributed by atoms with Gasteiger partial charge in [0.25, 0.3) is 0 Å². The van der Waals surface area contributed by atoms with Gasteiger partial charge in [0.1, 0.15) is 0 Å². The molecule has 1 saturated heterocycles. The van der Waals surface area contributed by atoms with Crippen LogP contribution in [0.1, 0.15) is 31.5 Å². The topological polar surface area (TPSA) is 39.3 Å². The van der Waals surface area contributed by atoms with E-state index in [1.165, 1.54) is 12.1 Å². The van der Waals surface area contributed by atoms with E-state index in [1.807, 2.05) is 12.3 Å². The van der Waals surface area contributed by atoms with Crippen molar-refractivity contribution in [1.29, 1.82) is 0 Å². The Kier molecular flexibility index (Phi) is 2.89. The minimum atomic E-state index is 0.283. The molecule has 0 saturated carbocycles. The molecule has 2 unspecified atom stereocenters. The number of aromatic nitrogens is 1. The second-order valence-electron chi connectivity index (χ2n) is 4.02. The number of rotatable bonds is 3. The quantitative estimate of drug-likeness (QED) is 0.766. The first-order valence-corrected chi connectivity index (χ1v) is 5.33. The van der Waals surface area contributed by atoms with Crippen LogP contribution in [0.4, 0.5) is 0 Å². The third-order valence-electron chi connectivity index (χ3n) is 3.20. The van der Waals surface area contributed by atoms with E-state index in [0.29, 0.717) is 12.1 Å². The lowest BCUT2D eigenvalue weighted by Gasteiger charge is -2.28. The normalized spacial score (nSPS) is 25.4. The molecule has 2 heterocycles. The number of nitrogens with zero attached hydrogens (tertiary/aromatic N) is 1. The first-order chi connectivity index (χ1) is 6.83. The number of aliphatic hydroxyl groups is 1. The minimum Gasteiger partial charge on any atom is -0.395 e. The third-order valence-corrected chi connectivity index (χ3v) is 3.20. The predicted molar refractivity (Wildman–Crippen MR) is 56.0 cm³/mol. The van der Waals surface area contributed by atoms with Crippen LogP contribution in [0, 0.1) is 0 Å². The van der Waals surface area contributed by atoms with Gasteiger partial charge in [-0.3, -0.25) is 4.90 Å². The van der Waals surface area contributed by atoms with E-state index in [4.69, 9.17) is 0 Å². The van der Waals surface area contributed by atoms with Gasteiger partial charge >= 0.3 is 0 Å². The van der Waals surface area contributed by atoms with Crippen molar-refractivity contribution >= 4 is 0 Å². The Bertz CT molecular complexity index is 271. The summed E-state index contributed by atoms with van der Waals surface area (Å²) >= 11 is 0. The zero-order valence-corrected chi connectivity index (χ0v) is 8.61. The molecular weight excluding hydrogens is 176 g/mol. The van der Waals surface area contributed by atoms with Gasteiger partial charge in [-0.1, -0.05) is 0 Å². The lowest BCUT2D eigenvalue weighted by atomic mass is 10.1. The summed E-state index contributed by atoms with van der Waals surface area (Å²) in [6.07, 6.45) is 4.29. The van der Waals surface area contributed by atoms with E-state index in [1.54, 1.807) is 0 Å². The molecular formula is C11H18N2O. The number of aromatic amines is 1. The number of likely N-dealkylation sites (tertiary alicyclic amines) is 1. The van der Waals surface area contributed by atoms with Crippen molar-refractivity contribution in [2.75, 3.05) is 13.2 Å². The summed E-state index contributed by atoms with van der Waals surface area (Å²) in [5.41, 5.74) is 1.24. The van der Waals surface area contributed by atoms with Gasteiger partial charge in [0.15, 0.2) is 0 Å². The number of H-pyrrole nitrogens is 1. The van der Waals surface area contributed by atoms with Crippen molar-refractivity contribution in [3.8, 4) is 0 Å². The molecule has 2 N–H and O–H groups in total. The van der Waals surface area contributed by atoms with Gasteiger partial charge in [0.2, 0.25) is 0 Å². The molecule has 14 heavy (non-hydrogen) atoms. The summed E-state index contributed by atoms with van der Waals surface area (Å²) in [5, 5.41) is 9.23. The highest BCUT2D eigenvalue weighted by molar-refractivity contribution is 5.09. The summed E-state index contributed by atoms with van der Waals surface area (Å²) in [6, 6.07) is 4.88. The Morgan fingerprint density at radius 2 is 2.57 bits per heavy atom. The summed E-state index contributed by atoms with van der Waals surface area (Å²) in [4.78, 5) is 5.62. The Hall–Kier alpha value is -0.800. The summed E-state index contributed by atoms with van der Waals surface area (Å²) in [7, 11) is 0. The molecule has 2 atom stereocenters. The van der Waals surface area contributed by atoms with E-state index in [-0.39, 0.29) is 6.61 Å². The Labute approximate surface area is 84.7 Å². The molecule has 1 aromatic heterocycles. The highest BCUT2D eigenvalue weighted by atomic mass is 16.3. The van der Waals surface area contributed by atoms with Crippen molar-refractivity contribution < 1.29 is 5.11 Å². The van der Waals surface area contributed by atoms with Crippen molar-refractivity contribution in [2.24, 2.45) is 0 Å². The largest absolute Gasteiger partial charge is 0.395 e. The minimum absolute atomic E-state index is 0.283. The van der Waals surface area contributed by atoms with Crippen LogP contribution in [0.2, 0.25) is 0 Å². The van der Waals surface area contributed by atoms with Crippen molar-refractivity contribution in [3.63, 3.8) is 0 Å². The fourth-order valence-corrected chi connectivity index (χ4v) is 2.35. The van der Waals surface area contributed by atoms with Crippen LogP contribution in [-0.2, 0) is 0 Å². The average molecular weight is 194 g/mol. The highest BCUT2D eigenvalue weighted by Gasteiger charge is 2.28. The van der Waals surface area contributed by atoms with E-state index in [0.717, 1.165) is 13.0 Å². The molecule has 3 nitrogen and oxygen atoms in total. The molecule has 2 rings (SSSR count). The highest BCUT2D eigenvalue weighted by Crippen LogP contribution is 2.27. The second-order valence-corrected chi connectivity index (χ2v) is 4.02. The maximum atomic E-state index is 9.23. The van der Waals surface area contributed by atoms with Crippen molar-refractivity contribution in [3.05, 3.63) is 24.0 Å². The van der Waals surface area contributed by atoms with Gasteiger partial charge in [0, 0.05) is 24.0 Å². The van der Waals surface area contributed by atoms with Crippen LogP contribution in [-0.4, -0.2) is 34.2 Å². The Morgan fingerprint density at radius 1 is 1.71 bits per heavy atom. The lowest BCUT2D eigenvalue weighted by molar-refractivity contribution is 0.124. The average Bonchev–Trinajstić information content (AvgIpc) is 2.87. The van der Waals surface area contributed by atoms with Gasteiger partial charge < -0.3 is 10.1 Å². The summed E-state index contributed by atoms with van der Waals surface area (Å²) in [6.45, 7) is 3.58. The van der Waals surface area contributed by atoms with Crippen LogP contribution in [0.15, 0.2) is 18.3 Å². The van der Waals surface area contributed by atoms with Gasteiger partial charge in [0.05, 0.1) is 6.61 Å². The van der Waals surface area contributed by atoms with E-state index in [2.05, 4.69) is 22.9 Å². The standard InChI is InChI=1S/C11H18N2O/c1-9(11-5-2-6-12-11)13-7-3-4-10(13)8-14/h2,5-6,9-10,12,14H,3-4,7-8H2,1H3. The Morgan fingerprint density at radius 3 is 3.21 bits per heavy atom. The maximum Gasteiger partial charge on any atom is 0.0587 e. The van der Waals surface area contributed by atoms with Crippen molar-refractivity contribution in [1.82, 2.24) is 9.88 Å².